The van der Waals surface area contributed by atoms with E-state index in [-0.39, 0.29) is 226 Å². The zero-order valence-electron chi connectivity index (χ0n) is 97.8. The molecule has 8 N–H and O–H groups in total. The minimum atomic E-state index is -3.40. The number of hydrogen-bond donors (Lipinski definition) is 8. The number of fused-ring (bicyclic) bond motifs is 4. The number of carbonyl (C=O) groups excluding carboxylic acids is 12. The molecule has 32 heteroatoms. The second-order valence-electron chi connectivity index (χ2n) is 32.4. The molecule has 32 nitrogen and oxygen atoms in total. The topological polar surface area (TPSA) is 364 Å². The van der Waals surface area contributed by atoms with Gasteiger partial charge >= 0.3 is 0 Å². The highest BCUT2D eigenvalue weighted by molar-refractivity contribution is 6.09. The summed E-state index contributed by atoms with van der Waals surface area (Å²) in [6.45, 7) is 10.0. The lowest BCUT2D eigenvalue weighted by atomic mass is 10.0. The fraction of sp³-hybridized carbons (Fsp3) is 0.400. The second-order valence-corrected chi connectivity index (χ2v) is 32.4. The first-order valence-electron chi connectivity index (χ1n) is 56.4. The van der Waals surface area contributed by atoms with Gasteiger partial charge in [-0.2, -0.15) is 0 Å². The second kappa shape index (κ2) is 42.5. The molecule has 8 fully saturated rings. The van der Waals surface area contributed by atoms with E-state index in [0.29, 0.717) is 202 Å². The van der Waals surface area contributed by atoms with Gasteiger partial charge in [-0.05, 0) is 119 Å². The number of nitrogens with zero attached hydrogens (tertiary/aromatic N) is 8. The molecule has 0 bridgehead atoms. The van der Waals surface area contributed by atoms with Crippen molar-refractivity contribution in [2.24, 2.45) is 0 Å². The number of nitrogens with one attached hydrogen (secondary N) is 8. The van der Waals surface area contributed by atoms with E-state index in [1.165, 1.54) is 23.1 Å². The van der Waals surface area contributed by atoms with Crippen molar-refractivity contribution in [2.75, 3.05) is 126 Å². The van der Waals surface area contributed by atoms with E-state index in [9.17, 15) is 57.5 Å². The van der Waals surface area contributed by atoms with Crippen LogP contribution in [0.25, 0.3) is 0 Å². The van der Waals surface area contributed by atoms with Gasteiger partial charge in [-0.25, -0.2) is 0 Å². The first kappa shape index (κ1) is 64.0. The molecule has 4 atom stereocenters. The van der Waals surface area contributed by atoms with E-state index in [2.05, 4.69) is 41.7 Å². The number of morpholine rings is 4. The maximum atomic E-state index is 13.4. The lowest BCUT2D eigenvalue weighted by Crippen LogP contribution is -2.52. The van der Waals surface area contributed by atoms with Crippen molar-refractivity contribution in [2.45, 2.75) is 154 Å². The zero-order valence-corrected chi connectivity index (χ0v) is 71.8. The van der Waals surface area contributed by atoms with Crippen LogP contribution in [0.1, 0.15) is 195 Å². The third-order valence-corrected chi connectivity index (χ3v) is 23.7. The van der Waals surface area contributed by atoms with Gasteiger partial charge in [0.05, 0.1) is 77.5 Å². The van der Waals surface area contributed by atoms with Crippen molar-refractivity contribution in [3.8, 4) is 0 Å². The van der Waals surface area contributed by atoms with Crippen molar-refractivity contribution in [1.29, 1.82) is 0 Å². The molecule has 12 aliphatic rings. The monoisotopic (exact) mass is 1820 g/mol. The number of ether oxygens (including phenoxy) is 4. The molecule has 0 spiro atoms. The number of anilines is 4. The largest absolute Gasteiger partial charge is 0.381 e. The summed E-state index contributed by atoms with van der Waals surface area (Å²) < 4.78 is 239. The highest BCUT2D eigenvalue weighted by atomic mass is 16.5. The Labute approximate surface area is 802 Å². The van der Waals surface area contributed by atoms with Crippen LogP contribution in [0.3, 0.4) is 0 Å². The Bertz CT molecular complexity index is 7230. The number of hydrogen-bond acceptors (Lipinski definition) is 24. The minimum Gasteiger partial charge on any atom is -0.381 e. The number of imide groups is 4. The molecule has 132 heavy (non-hydrogen) atoms. The van der Waals surface area contributed by atoms with Crippen LogP contribution in [0.15, 0.2) is 169 Å². The Kier molecular flexibility index (Phi) is 20.6. The summed E-state index contributed by atoms with van der Waals surface area (Å²) in [6.07, 6.45) is -12.4. The van der Waals surface area contributed by atoms with Crippen molar-refractivity contribution in [3.63, 3.8) is 0 Å². The zero-order chi connectivity index (χ0) is 114. The van der Waals surface area contributed by atoms with Crippen molar-refractivity contribution < 1.29 is 112 Å². The Morgan fingerprint density at radius 2 is 0.606 bits per heavy atom. The average molecular weight is 1820 g/mol. The van der Waals surface area contributed by atoms with E-state index in [1.807, 2.05) is 15.1 Å². The molecule has 8 aromatic rings. The maximum Gasteiger partial charge on any atom is 0.255 e. The van der Waals surface area contributed by atoms with Crippen LogP contribution in [0.2, 0.25) is 0 Å². The van der Waals surface area contributed by atoms with Crippen molar-refractivity contribution in [1.82, 2.24) is 60.5 Å². The van der Waals surface area contributed by atoms with Crippen LogP contribution in [0.5, 0.6) is 0 Å². The summed E-state index contributed by atoms with van der Waals surface area (Å²) in [5.74, 6) is -10.0. The van der Waals surface area contributed by atoms with Gasteiger partial charge in [-0.1, -0.05) is 121 Å². The Morgan fingerprint density at radius 3 is 0.962 bits per heavy atom. The van der Waals surface area contributed by atoms with Gasteiger partial charge in [0.1, 0.15) is 24.1 Å². The number of amides is 12. The van der Waals surface area contributed by atoms with Gasteiger partial charge in [-0.3, -0.25) is 98.4 Å². The SMILES string of the molecule is [2H]c1c([2H])c(CNc2cccc3c2CN(C2([2H])C(=O)NC(=O)C([2H])([2H])C2([2H])[2H])C3=O)c([2H])c(CN2CCOCC2)c1[2H].[2H]c1c([2H])c(CNc2cccc3c2CN(C2([2H])CCC(=O)NC2=O)C3=O)c([2H])c(CN2CCOCC2)c1[2H].[2H]c1c([2H])c(CNc2cccc3c2CN(C2C(=O)NC(=O)C([2H])([2H])C2([2H])[2H])C3=O)c([2H])c(CN2CCOCC2)c1[2H].[2H]c1c([2H])c(CNc2cccc3c2CN(C2CCC(=O)NC2=O)C3=O)c([2H])c(CN2CCOCC2)c1[2H]. The lowest BCUT2D eigenvalue weighted by molar-refractivity contribution is -0.138. The van der Waals surface area contributed by atoms with Crippen LogP contribution in [-0.4, -0.2) is 239 Å². The molecule has 688 valence electrons. The molecular formula is C100H112N16O16. The molecule has 12 heterocycles. The van der Waals surface area contributed by atoms with E-state index in [0.717, 1.165) is 9.80 Å². The third kappa shape index (κ3) is 22.1. The molecule has 4 unspecified atom stereocenters. The lowest BCUT2D eigenvalue weighted by Gasteiger charge is -2.29. The molecule has 0 aromatic heterocycles. The van der Waals surface area contributed by atoms with Gasteiger partial charge in [0.2, 0.25) is 47.3 Å². The van der Waals surface area contributed by atoms with Gasteiger partial charge in [0, 0.05) is 235 Å². The average Bonchev–Trinajstić information content (AvgIpc) is 1.48. The number of benzene rings is 8. The van der Waals surface area contributed by atoms with E-state index in [4.69, 9.17) is 54.6 Å². The Balaban J connectivity index is 0.000000142. The Hall–Kier alpha value is -12.9. The van der Waals surface area contributed by atoms with Gasteiger partial charge in [0.25, 0.3) is 23.6 Å². The minimum absolute atomic E-state index is 0.0124. The van der Waals surface area contributed by atoms with E-state index in [1.54, 1.807) is 59.9 Å². The molecule has 8 aromatic carbocycles. The predicted molar refractivity (Wildman–Crippen MR) is 489 cm³/mol. The molecule has 0 saturated carbocycles. The number of rotatable bonds is 24. The first-order chi connectivity index (χ1) is 74.8. The smallest absolute Gasteiger partial charge is 0.255 e. The molecule has 12 aliphatic heterocycles. The molecule has 0 aliphatic carbocycles. The molecule has 12 amide bonds. The number of carbonyl (C=O) groups is 12. The normalized spacial score (nSPS) is 26.6. The highest BCUT2D eigenvalue weighted by Crippen LogP contribution is 2.38. The third-order valence-electron chi connectivity index (χ3n) is 23.7. The highest BCUT2D eigenvalue weighted by Gasteiger charge is 2.45. The van der Waals surface area contributed by atoms with Gasteiger partial charge in [-0.15, -0.1) is 0 Å². The summed E-state index contributed by atoms with van der Waals surface area (Å²) in [4.78, 5) is 163. The molecular weight excluding hydrogens is 1680 g/mol. The fourth-order valence-corrected chi connectivity index (χ4v) is 17.0. The van der Waals surface area contributed by atoms with Crippen LogP contribution in [0.4, 0.5) is 22.7 Å². The van der Waals surface area contributed by atoms with Gasteiger partial charge in [0.15, 0.2) is 0 Å². The Morgan fingerprint density at radius 1 is 0.326 bits per heavy atom. The summed E-state index contributed by atoms with van der Waals surface area (Å²) in [5, 5.41) is 20.5. The number of piperidine rings is 4. The van der Waals surface area contributed by atoms with Crippen LogP contribution in [-0.2, 0) is 136 Å². The maximum absolute atomic E-state index is 13.4. The quantitative estimate of drug-likeness (QED) is 0.0270. The predicted octanol–water partition coefficient (Wildman–Crippen LogP) is 7.57. The summed E-state index contributed by atoms with van der Waals surface area (Å²) in [7, 11) is 0. The van der Waals surface area contributed by atoms with Crippen LogP contribution < -0.4 is 42.5 Å². The van der Waals surface area contributed by atoms with Crippen molar-refractivity contribution >= 4 is 93.6 Å². The molecule has 20 rings (SSSR count). The van der Waals surface area contributed by atoms with Crippen LogP contribution >= 0.6 is 0 Å². The summed E-state index contributed by atoms with van der Waals surface area (Å²) in [5.41, 5.74) is 7.20. The molecule has 8 saturated heterocycles. The van der Waals surface area contributed by atoms with Gasteiger partial charge < -0.3 is 59.8 Å². The van der Waals surface area contributed by atoms with Crippen LogP contribution in [0, 0.1) is 0 Å². The standard InChI is InChI=1S/4C25H28N4O4/c4*30-23-8-7-22(24(31)27-23)29-16-20-19(25(29)32)5-2-6-21(20)26-14-17-3-1-4-18(13-17)15-28-9-11-33-12-10-28/h4*1-6,13,22,26H,7-12,14-16H2,(H,27,30,31)/i1D,3D,4D,7D2,8D2,13D,22D;1D,3D,4D,7D2,8D2,13D;1D,3D,4D,13D,22D;1D,3D,4D,13D. The summed E-state index contributed by atoms with van der Waals surface area (Å²) in [6, 6.07) is 9.21. The van der Waals surface area contributed by atoms with E-state index >= 15 is 0 Å². The molecule has 0 radical (unpaired) electrons. The fourth-order valence-electron chi connectivity index (χ4n) is 17.0. The first-order valence-corrected chi connectivity index (χ1v) is 43.4. The van der Waals surface area contributed by atoms with E-state index < -0.39 is 115 Å². The van der Waals surface area contributed by atoms with Crippen molar-refractivity contribution in [3.05, 3.63) is 258 Å². The summed E-state index contributed by atoms with van der Waals surface area (Å²) >= 11 is 0.